The number of rotatable bonds is 4. The van der Waals surface area contributed by atoms with Crippen molar-refractivity contribution in [2.24, 2.45) is 11.1 Å². The quantitative estimate of drug-likeness (QED) is 0.687. The summed E-state index contributed by atoms with van der Waals surface area (Å²) in [5, 5.41) is 8.99. The number of ether oxygens (including phenoxy) is 1. The first-order valence-corrected chi connectivity index (χ1v) is 4.88. The number of hydrogen-bond donors (Lipinski definition) is 2. The molecule has 0 aromatic carbocycles. The zero-order chi connectivity index (χ0) is 10.1. The topological polar surface area (TPSA) is 55.5 Å². The van der Waals surface area contributed by atoms with E-state index in [1.54, 1.807) is 7.11 Å². The maximum Gasteiger partial charge on any atom is 0.0583 e. The van der Waals surface area contributed by atoms with E-state index in [0.717, 1.165) is 19.3 Å². The molecule has 0 aromatic rings. The summed E-state index contributed by atoms with van der Waals surface area (Å²) >= 11 is 0. The van der Waals surface area contributed by atoms with Crippen molar-refractivity contribution in [1.82, 2.24) is 0 Å². The number of aliphatic hydroxyl groups is 1. The normalized spacial score (nSPS) is 34.4. The Balaban J connectivity index is 2.60. The first-order chi connectivity index (χ1) is 5.95. The van der Waals surface area contributed by atoms with Gasteiger partial charge in [0, 0.05) is 19.3 Å². The molecule has 0 atom stereocenters. The summed E-state index contributed by atoms with van der Waals surface area (Å²) in [6.07, 6.45) is 3.09. The summed E-state index contributed by atoms with van der Waals surface area (Å²) in [4.78, 5) is 0. The Morgan fingerprint density at radius 2 is 2.08 bits per heavy atom. The van der Waals surface area contributed by atoms with Crippen LogP contribution in [0, 0.1) is 5.41 Å². The number of nitrogens with two attached hydrogens (primary N) is 1. The van der Waals surface area contributed by atoms with Crippen molar-refractivity contribution in [3.05, 3.63) is 0 Å². The first-order valence-electron chi connectivity index (χ1n) is 4.88. The Hall–Kier alpha value is -0.120. The van der Waals surface area contributed by atoms with Gasteiger partial charge in [0.05, 0.1) is 6.10 Å². The summed E-state index contributed by atoms with van der Waals surface area (Å²) in [5.74, 6) is 0. The highest BCUT2D eigenvalue weighted by Gasteiger charge is 2.51. The highest BCUT2D eigenvalue weighted by atomic mass is 16.5. The first kappa shape index (κ1) is 11.0. The van der Waals surface area contributed by atoms with E-state index in [4.69, 9.17) is 15.6 Å². The lowest BCUT2D eigenvalue weighted by atomic mass is 9.55. The van der Waals surface area contributed by atoms with Crippen molar-refractivity contribution in [3.63, 3.8) is 0 Å². The van der Waals surface area contributed by atoms with Gasteiger partial charge >= 0.3 is 0 Å². The fourth-order valence-corrected chi connectivity index (χ4v) is 2.24. The second kappa shape index (κ2) is 3.56. The van der Waals surface area contributed by atoms with Gasteiger partial charge in [-0.2, -0.15) is 0 Å². The molecular weight excluding hydrogens is 166 g/mol. The summed E-state index contributed by atoms with van der Waals surface area (Å²) in [7, 11) is 1.73. The molecule has 1 saturated carbocycles. The molecular formula is C10H21NO2. The molecule has 0 saturated heterocycles. The summed E-state index contributed by atoms with van der Waals surface area (Å²) in [6.45, 7) is 4.29. The van der Waals surface area contributed by atoms with Crippen LogP contribution in [0.3, 0.4) is 0 Å². The Bertz CT molecular complexity index is 168. The lowest BCUT2D eigenvalue weighted by Crippen LogP contribution is -2.60. The second-order valence-corrected chi connectivity index (χ2v) is 4.74. The Kier molecular flexibility index (Phi) is 3.00. The third-order valence-electron chi connectivity index (χ3n) is 3.53. The SMILES string of the molecule is COC1CC(CCO)(C(C)(C)N)C1. The van der Waals surface area contributed by atoms with Gasteiger partial charge in [-0.25, -0.2) is 0 Å². The smallest absolute Gasteiger partial charge is 0.0583 e. The van der Waals surface area contributed by atoms with E-state index in [1.165, 1.54) is 0 Å². The van der Waals surface area contributed by atoms with Crippen molar-refractivity contribution >= 4 is 0 Å². The zero-order valence-electron chi connectivity index (χ0n) is 8.84. The second-order valence-electron chi connectivity index (χ2n) is 4.74. The van der Waals surface area contributed by atoms with E-state index >= 15 is 0 Å². The van der Waals surface area contributed by atoms with E-state index in [1.807, 2.05) is 13.8 Å². The molecule has 0 aliphatic heterocycles. The van der Waals surface area contributed by atoms with Gasteiger partial charge in [0.25, 0.3) is 0 Å². The van der Waals surface area contributed by atoms with Gasteiger partial charge < -0.3 is 15.6 Å². The number of hydrogen-bond acceptors (Lipinski definition) is 3. The van der Waals surface area contributed by atoms with Gasteiger partial charge in [0.15, 0.2) is 0 Å². The highest BCUT2D eigenvalue weighted by molar-refractivity contribution is 5.06. The maximum absolute atomic E-state index is 8.99. The maximum atomic E-state index is 8.99. The Morgan fingerprint density at radius 3 is 2.38 bits per heavy atom. The molecule has 1 rings (SSSR count). The third-order valence-corrected chi connectivity index (χ3v) is 3.53. The van der Waals surface area contributed by atoms with Crippen LogP contribution >= 0.6 is 0 Å². The molecule has 0 unspecified atom stereocenters. The van der Waals surface area contributed by atoms with Crippen LogP contribution in [0.2, 0.25) is 0 Å². The van der Waals surface area contributed by atoms with E-state index < -0.39 is 0 Å². The molecule has 0 amide bonds. The Labute approximate surface area is 80.3 Å². The molecule has 3 heteroatoms. The van der Waals surface area contributed by atoms with Crippen LogP contribution < -0.4 is 5.73 Å². The van der Waals surface area contributed by atoms with Crippen molar-refractivity contribution in [2.45, 2.75) is 44.8 Å². The summed E-state index contributed by atoms with van der Waals surface area (Å²) in [6, 6.07) is 0. The number of methoxy groups -OCH3 is 1. The molecule has 1 fully saturated rings. The lowest BCUT2D eigenvalue weighted by molar-refractivity contribution is -0.102. The molecule has 13 heavy (non-hydrogen) atoms. The standard InChI is InChI=1S/C10H21NO2/c1-9(2,11)10(4-5-12)6-8(7-10)13-3/h8,12H,4-7,11H2,1-3H3. The van der Waals surface area contributed by atoms with Crippen molar-refractivity contribution < 1.29 is 9.84 Å². The van der Waals surface area contributed by atoms with Crippen LogP contribution in [0.5, 0.6) is 0 Å². The molecule has 0 radical (unpaired) electrons. The van der Waals surface area contributed by atoms with E-state index in [0.29, 0.717) is 6.10 Å². The van der Waals surface area contributed by atoms with E-state index in [2.05, 4.69) is 0 Å². The van der Waals surface area contributed by atoms with Gasteiger partial charge in [-0.3, -0.25) is 0 Å². The monoisotopic (exact) mass is 187 g/mol. The van der Waals surface area contributed by atoms with Gasteiger partial charge in [-0.05, 0) is 38.5 Å². The van der Waals surface area contributed by atoms with Crippen LogP contribution in [0.1, 0.15) is 33.1 Å². The molecule has 1 aliphatic carbocycles. The minimum absolute atomic E-state index is 0.0857. The van der Waals surface area contributed by atoms with Crippen LogP contribution in [-0.2, 0) is 4.74 Å². The van der Waals surface area contributed by atoms with E-state index in [-0.39, 0.29) is 17.6 Å². The van der Waals surface area contributed by atoms with Crippen molar-refractivity contribution in [3.8, 4) is 0 Å². The van der Waals surface area contributed by atoms with Crippen LogP contribution in [0.25, 0.3) is 0 Å². The minimum atomic E-state index is -0.217. The summed E-state index contributed by atoms with van der Waals surface area (Å²) < 4.78 is 5.25. The van der Waals surface area contributed by atoms with Gasteiger partial charge in [0.1, 0.15) is 0 Å². The zero-order valence-corrected chi connectivity index (χ0v) is 8.84. The average Bonchev–Trinajstić information content (AvgIpc) is 1.93. The molecule has 0 bridgehead atoms. The third kappa shape index (κ3) is 1.87. The average molecular weight is 187 g/mol. The fourth-order valence-electron chi connectivity index (χ4n) is 2.24. The summed E-state index contributed by atoms with van der Waals surface area (Å²) in [5.41, 5.74) is 5.98. The van der Waals surface area contributed by atoms with E-state index in [9.17, 15) is 0 Å². The lowest BCUT2D eigenvalue weighted by Gasteiger charge is -2.54. The number of aliphatic hydroxyl groups excluding tert-OH is 1. The van der Waals surface area contributed by atoms with Gasteiger partial charge in [-0.15, -0.1) is 0 Å². The molecule has 0 spiro atoms. The van der Waals surface area contributed by atoms with Crippen LogP contribution in [-0.4, -0.2) is 30.5 Å². The van der Waals surface area contributed by atoms with Gasteiger partial charge in [0.2, 0.25) is 0 Å². The molecule has 3 N–H and O–H groups in total. The largest absolute Gasteiger partial charge is 0.396 e. The molecule has 0 heterocycles. The highest BCUT2D eigenvalue weighted by Crippen LogP contribution is 2.51. The minimum Gasteiger partial charge on any atom is -0.396 e. The van der Waals surface area contributed by atoms with Crippen LogP contribution in [0.4, 0.5) is 0 Å². The fraction of sp³-hybridized carbons (Fsp3) is 1.00. The molecule has 78 valence electrons. The predicted molar refractivity (Wildman–Crippen MR) is 52.4 cm³/mol. The molecule has 1 aliphatic rings. The predicted octanol–water partition coefficient (Wildman–Crippen LogP) is 0.901. The van der Waals surface area contributed by atoms with Gasteiger partial charge in [-0.1, -0.05) is 0 Å². The van der Waals surface area contributed by atoms with Crippen LogP contribution in [0.15, 0.2) is 0 Å². The van der Waals surface area contributed by atoms with Crippen molar-refractivity contribution in [2.75, 3.05) is 13.7 Å². The molecule has 3 nitrogen and oxygen atoms in total. The Morgan fingerprint density at radius 1 is 1.54 bits per heavy atom. The molecule has 0 aromatic heterocycles. The van der Waals surface area contributed by atoms with Crippen molar-refractivity contribution in [1.29, 1.82) is 0 Å².